The minimum atomic E-state index is 0.00386. The van der Waals surface area contributed by atoms with E-state index in [1.54, 1.807) is 17.1 Å². The van der Waals surface area contributed by atoms with Crippen molar-refractivity contribution >= 4 is 5.91 Å². The molecule has 25 heavy (non-hydrogen) atoms. The van der Waals surface area contributed by atoms with Gasteiger partial charge in [-0.3, -0.25) is 14.5 Å². The van der Waals surface area contributed by atoms with Gasteiger partial charge in [0.2, 0.25) is 0 Å². The molecule has 0 spiro atoms. The number of rotatable bonds is 3. The summed E-state index contributed by atoms with van der Waals surface area (Å²) in [7, 11) is 1.88. The second kappa shape index (κ2) is 6.51. The van der Waals surface area contributed by atoms with Gasteiger partial charge >= 0.3 is 0 Å². The number of likely N-dealkylation sites (tertiary alicyclic amines) is 1. The fourth-order valence-corrected chi connectivity index (χ4v) is 3.40. The Labute approximate surface area is 146 Å². The number of benzene rings is 1. The van der Waals surface area contributed by atoms with Gasteiger partial charge in [-0.25, -0.2) is 0 Å². The summed E-state index contributed by atoms with van der Waals surface area (Å²) in [5, 5.41) is 4.19. The molecule has 5 nitrogen and oxygen atoms in total. The van der Waals surface area contributed by atoms with Crippen molar-refractivity contribution in [3.8, 4) is 11.1 Å². The number of amides is 1. The van der Waals surface area contributed by atoms with E-state index in [1.165, 1.54) is 5.56 Å². The molecule has 3 aromatic rings. The fraction of sp³-hybridized carbons (Fsp3) is 0.250. The third-order valence-corrected chi connectivity index (χ3v) is 4.76. The number of hydrogen-bond donors (Lipinski definition) is 0. The number of carbonyl (C=O) groups excluding carboxylic acids is 1. The van der Waals surface area contributed by atoms with Crippen LogP contribution in [0.25, 0.3) is 11.1 Å². The molecule has 1 aliphatic rings. The molecule has 0 radical (unpaired) electrons. The molecule has 5 heteroatoms. The molecule has 1 fully saturated rings. The predicted octanol–water partition coefficient (Wildman–Crippen LogP) is 3.11. The highest BCUT2D eigenvalue weighted by Crippen LogP contribution is 2.28. The number of aryl methyl sites for hydroxylation is 1. The highest BCUT2D eigenvalue weighted by Gasteiger charge is 2.28. The molecule has 4 rings (SSSR count). The van der Waals surface area contributed by atoms with Crippen molar-refractivity contribution in [2.24, 2.45) is 7.05 Å². The van der Waals surface area contributed by atoms with Crippen LogP contribution in [0.1, 0.15) is 28.4 Å². The molecule has 1 atom stereocenters. The molecule has 0 aliphatic carbocycles. The van der Waals surface area contributed by atoms with Gasteiger partial charge in [0, 0.05) is 44.0 Å². The molecule has 1 aromatic carbocycles. The number of carbonyl (C=O) groups is 1. The maximum atomic E-state index is 12.9. The second-order valence-electron chi connectivity index (χ2n) is 6.48. The third kappa shape index (κ3) is 3.18. The molecular weight excluding hydrogens is 312 g/mol. The van der Waals surface area contributed by atoms with Crippen molar-refractivity contribution < 1.29 is 4.79 Å². The van der Waals surface area contributed by atoms with Crippen LogP contribution in [0, 0.1) is 0 Å². The molecule has 2 aromatic heterocycles. The number of pyridine rings is 1. The van der Waals surface area contributed by atoms with E-state index in [2.05, 4.69) is 34.3 Å². The van der Waals surface area contributed by atoms with E-state index in [-0.39, 0.29) is 5.91 Å². The largest absolute Gasteiger partial charge is 0.337 e. The van der Waals surface area contributed by atoms with E-state index in [0.717, 1.165) is 30.6 Å². The number of hydrogen-bond acceptors (Lipinski definition) is 3. The zero-order valence-corrected chi connectivity index (χ0v) is 14.2. The van der Waals surface area contributed by atoms with E-state index >= 15 is 0 Å². The Morgan fingerprint density at radius 1 is 1.16 bits per heavy atom. The highest BCUT2D eigenvalue weighted by molar-refractivity contribution is 5.93. The van der Waals surface area contributed by atoms with Gasteiger partial charge in [0.15, 0.2) is 0 Å². The number of nitrogens with zero attached hydrogens (tertiary/aromatic N) is 4. The molecule has 0 N–H and O–H groups in total. The summed E-state index contributed by atoms with van der Waals surface area (Å²) in [6.07, 6.45) is 6.42. The zero-order chi connectivity index (χ0) is 17.2. The predicted molar refractivity (Wildman–Crippen MR) is 96.1 cm³/mol. The topological polar surface area (TPSA) is 51.0 Å². The van der Waals surface area contributed by atoms with Crippen LogP contribution < -0.4 is 0 Å². The molecule has 1 aliphatic heterocycles. The summed E-state index contributed by atoms with van der Waals surface area (Å²) < 4.78 is 1.75. The van der Waals surface area contributed by atoms with Crippen LogP contribution in [0.15, 0.2) is 61.1 Å². The lowest BCUT2D eigenvalue weighted by molar-refractivity contribution is 0.0785. The van der Waals surface area contributed by atoms with Gasteiger partial charge in [0.05, 0.1) is 6.20 Å². The average Bonchev–Trinajstić information content (AvgIpc) is 3.31. The quantitative estimate of drug-likeness (QED) is 0.740. The molecule has 1 amide bonds. The molecular formula is C20H20N4O. The van der Waals surface area contributed by atoms with Crippen molar-refractivity contribution in [3.05, 3.63) is 72.3 Å². The maximum Gasteiger partial charge on any atom is 0.272 e. The van der Waals surface area contributed by atoms with Gasteiger partial charge in [0.25, 0.3) is 5.91 Å². The summed E-state index contributed by atoms with van der Waals surface area (Å²) >= 11 is 0. The first-order chi connectivity index (χ1) is 12.2. The van der Waals surface area contributed by atoms with E-state index < -0.39 is 0 Å². The molecule has 126 valence electrons. The standard InChI is InChI=1S/C20H20N4O/c1-23-13-18(12-22-23)16-7-9-21-19(11-16)20(25)24-10-8-17(14-24)15-5-3-2-4-6-15/h2-7,9,11-13,17H,8,10,14H2,1H3. The first-order valence-electron chi connectivity index (χ1n) is 8.50. The Hall–Kier alpha value is -2.95. The first kappa shape index (κ1) is 15.6. The third-order valence-electron chi connectivity index (χ3n) is 4.76. The normalized spacial score (nSPS) is 17.0. The minimum absolute atomic E-state index is 0.00386. The van der Waals surface area contributed by atoms with E-state index in [0.29, 0.717) is 11.6 Å². The van der Waals surface area contributed by atoms with Crippen molar-refractivity contribution in [3.63, 3.8) is 0 Å². The second-order valence-corrected chi connectivity index (χ2v) is 6.48. The monoisotopic (exact) mass is 332 g/mol. The molecule has 1 unspecified atom stereocenters. The van der Waals surface area contributed by atoms with Crippen molar-refractivity contribution in [2.75, 3.05) is 13.1 Å². The Kier molecular flexibility index (Phi) is 4.06. The highest BCUT2D eigenvalue weighted by atomic mass is 16.2. The van der Waals surface area contributed by atoms with Gasteiger partial charge in [-0.05, 0) is 29.7 Å². The van der Waals surface area contributed by atoms with Gasteiger partial charge < -0.3 is 4.90 Å². The molecule has 0 bridgehead atoms. The Bertz CT molecular complexity index is 887. The summed E-state index contributed by atoms with van der Waals surface area (Å²) in [5.74, 6) is 0.413. The van der Waals surface area contributed by atoms with Crippen LogP contribution in [-0.4, -0.2) is 38.7 Å². The van der Waals surface area contributed by atoms with E-state index in [4.69, 9.17) is 0 Å². The summed E-state index contributed by atoms with van der Waals surface area (Å²) in [5.41, 5.74) is 3.75. The van der Waals surface area contributed by atoms with Gasteiger partial charge in [-0.15, -0.1) is 0 Å². The van der Waals surface area contributed by atoms with Crippen LogP contribution in [-0.2, 0) is 7.05 Å². The van der Waals surface area contributed by atoms with Crippen LogP contribution in [0.3, 0.4) is 0 Å². The van der Waals surface area contributed by atoms with Crippen molar-refractivity contribution in [1.82, 2.24) is 19.7 Å². The Morgan fingerprint density at radius 2 is 2.00 bits per heavy atom. The summed E-state index contributed by atoms with van der Waals surface area (Å²) in [6.45, 7) is 1.53. The summed E-state index contributed by atoms with van der Waals surface area (Å²) in [4.78, 5) is 19.1. The van der Waals surface area contributed by atoms with Crippen molar-refractivity contribution in [2.45, 2.75) is 12.3 Å². The van der Waals surface area contributed by atoms with Gasteiger partial charge in [-0.1, -0.05) is 30.3 Å². The Balaban J connectivity index is 1.52. The smallest absolute Gasteiger partial charge is 0.272 e. The lowest BCUT2D eigenvalue weighted by Crippen LogP contribution is -2.29. The van der Waals surface area contributed by atoms with Crippen molar-refractivity contribution in [1.29, 1.82) is 0 Å². The van der Waals surface area contributed by atoms with E-state index in [1.807, 2.05) is 36.3 Å². The molecule has 3 heterocycles. The van der Waals surface area contributed by atoms with Crippen LogP contribution >= 0.6 is 0 Å². The summed E-state index contributed by atoms with van der Waals surface area (Å²) in [6, 6.07) is 14.2. The minimum Gasteiger partial charge on any atom is -0.337 e. The van der Waals surface area contributed by atoms with Crippen LogP contribution in [0.5, 0.6) is 0 Å². The lowest BCUT2D eigenvalue weighted by Gasteiger charge is -2.16. The first-order valence-corrected chi connectivity index (χ1v) is 8.50. The average molecular weight is 332 g/mol. The van der Waals surface area contributed by atoms with E-state index in [9.17, 15) is 4.79 Å². The van der Waals surface area contributed by atoms with Crippen LogP contribution in [0.4, 0.5) is 0 Å². The van der Waals surface area contributed by atoms with Crippen LogP contribution in [0.2, 0.25) is 0 Å². The number of aromatic nitrogens is 3. The lowest BCUT2D eigenvalue weighted by atomic mass is 9.99. The Morgan fingerprint density at radius 3 is 2.76 bits per heavy atom. The fourth-order valence-electron chi connectivity index (χ4n) is 3.40. The SMILES string of the molecule is Cn1cc(-c2ccnc(C(=O)N3CCC(c4ccccc4)C3)c2)cn1. The molecule has 1 saturated heterocycles. The van der Waals surface area contributed by atoms with Gasteiger partial charge in [-0.2, -0.15) is 5.10 Å². The van der Waals surface area contributed by atoms with Gasteiger partial charge in [0.1, 0.15) is 5.69 Å². The molecule has 0 saturated carbocycles. The maximum absolute atomic E-state index is 12.9. The zero-order valence-electron chi connectivity index (χ0n) is 14.2.